The Balaban J connectivity index is 2.34. The molecule has 0 aliphatic rings. The standard InChI is InChI=1S/C11H19NOS/c1-3-6-12-10(9-13-2)8-11-5-4-7-14-11/h4-5,7,10,12H,3,6,8-9H2,1-2H3. The van der Waals surface area contributed by atoms with Gasteiger partial charge in [-0.15, -0.1) is 11.3 Å². The first-order chi connectivity index (χ1) is 6.86. The first kappa shape index (κ1) is 11.7. The van der Waals surface area contributed by atoms with Gasteiger partial charge in [-0.3, -0.25) is 0 Å². The van der Waals surface area contributed by atoms with Gasteiger partial charge >= 0.3 is 0 Å². The number of ether oxygens (including phenoxy) is 1. The summed E-state index contributed by atoms with van der Waals surface area (Å²) in [5, 5.41) is 5.61. The maximum absolute atomic E-state index is 5.19. The second-order valence-corrected chi connectivity index (χ2v) is 4.42. The third kappa shape index (κ3) is 4.22. The van der Waals surface area contributed by atoms with E-state index in [4.69, 9.17) is 4.74 Å². The molecule has 1 rings (SSSR count). The highest BCUT2D eigenvalue weighted by Crippen LogP contribution is 2.11. The summed E-state index contributed by atoms with van der Waals surface area (Å²) < 4.78 is 5.19. The minimum atomic E-state index is 0.457. The molecule has 0 saturated heterocycles. The molecule has 0 saturated carbocycles. The van der Waals surface area contributed by atoms with Crippen molar-refractivity contribution >= 4 is 11.3 Å². The number of hydrogen-bond acceptors (Lipinski definition) is 3. The molecule has 0 fully saturated rings. The largest absolute Gasteiger partial charge is 0.383 e. The maximum atomic E-state index is 5.19. The van der Waals surface area contributed by atoms with E-state index < -0.39 is 0 Å². The van der Waals surface area contributed by atoms with Crippen molar-refractivity contribution in [3.05, 3.63) is 22.4 Å². The van der Waals surface area contributed by atoms with Gasteiger partial charge in [-0.05, 0) is 30.8 Å². The van der Waals surface area contributed by atoms with Crippen LogP contribution in [0.15, 0.2) is 17.5 Å². The van der Waals surface area contributed by atoms with Crippen LogP contribution in [0.1, 0.15) is 18.2 Å². The lowest BCUT2D eigenvalue weighted by Gasteiger charge is -2.16. The summed E-state index contributed by atoms with van der Waals surface area (Å²) in [5.41, 5.74) is 0. The van der Waals surface area contributed by atoms with Crippen LogP contribution in [0.25, 0.3) is 0 Å². The molecule has 1 heterocycles. The highest BCUT2D eigenvalue weighted by atomic mass is 32.1. The Kier molecular flexibility index (Phi) is 5.83. The van der Waals surface area contributed by atoms with E-state index in [-0.39, 0.29) is 0 Å². The van der Waals surface area contributed by atoms with Crippen LogP contribution in [0.2, 0.25) is 0 Å². The fraction of sp³-hybridized carbons (Fsp3) is 0.636. The van der Waals surface area contributed by atoms with Crippen LogP contribution in [0.3, 0.4) is 0 Å². The van der Waals surface area contributed by atoms with E-state index in [1.165, 1.54) is 11.3 Å². The molecule has 0 bridgehead atoms. The molecular formula is C11H19NOS. The third-order valence-corrected chi connectivity index (χ3v) is 2.98. The minimum absolute atomic E-state index is 0.457. The second-order valence-electron chi connectivity index (χ2n) is 3.39. The monoisotopic (exact) mass is 213 g/mol. The fourth-order valence-corrected chi connectivity index (χ4v) is 2.20. The topological polar surface area (TPSA) is 21.3 Å². The Bertz CT molecular complexity index is 223. The Morgan fingerprint density at radius 2 is 2.43 bits per heavy atom. The van der Waals surface area contributed by atoms with Gasteiger partial charge in [0.05, 0.1) is 6.61 Å². The van der Waals surface area contributed by atoms with Crippen LogP contribution in [0, 0.1) is 0 Å². The highest BCUT2D eigenvalue weighted by Gasteiger charge is 2.08. The predicted molar refractivity (Wildman–Crippen MR) is 62.0 cm³/mol. The predicted octanol–water partition coefficient (Wildman–Crippen LogP) is 2.31. The van der Waals surface area contributed by atoms with Crippen molar-refractivity contribution in [2.24, 2.45) is 0 Å². The molecule has 1 aromatic heterocycles. The quantitative estimate of drug-likeness (QED) is 0.750. The molecule has 1 aromatic rings. The molecule has 1 N–H and O–H groups in total. The molecule has 1 unspecified atom stereocenters. The molecule has 3 heteroatoms. The van der Waals surface area contributed by atoms with Crippen LogP contribution >= 0.6 is 11.3 Å². The van der Waals surface area contributed by atoms with E-state index in [0.29, 0.717) is 6.04 Å². The zero-order valence-corrected chi connectivity index (χ0v) is 9.77. The summed E-state index contributed by atoms with van der Waals surface area (Å²) in [4.78, 5) is 1.43. The van der Waals surface area contributed by atoms with Crippen molar-refractivity contribution < 1.29 is 4.74 Å². The first-order valence-corrected chi connectivity index (χ1v) is 5.99. The summed E-state index contributed by atoms with van der Waals surface area (Å²) in [6, 6.07) is 4.74. The van der Waals surface area contributed by atoms with E-state index >= 15 is 0 Å². The normalized spacial score (nSPS) is 13.0. The van der Waals surface area contributed by atoms with Crippen molar-refractivity contribution in [3.8, 4) is 0 Å². The van der Waals surface area contributed by atoms with Crippen molar-refractivity contribution in [2.45, 2.75) is 25.8 Å². The summed E-state index contributed by atoms with van der Waals surface area (Å²) >= 11 is 1.82. The molecule has 0 spiro atoms. The van der Waals surface area contributed by atoms with Gasteiger partial charge in [0.2, 0.25) is 0 Å². The smallest absolute Gasteiger partial charge is 0.0619 e. The Hall–Kier alpha value is -0.380. The van der Waals surface area contributed by atoms with Gasteiger partial charge in [0.25, 0.3) is 0 Å². The van der Waals surface area contributed by atoms with Gasteiger partial charge in [0.1, 0.15) is 0 Å². The average molecular weight is 213 g/mol. The van der Waals surface area contributed by atoms with Crippen molar-refractivity contribution in [2.75, 3.05) is 20.3 Å². The first-order valence-electron chi connectivity index (χ1n) is 5.11. The highest BCUT2D eigenvalue weighted by molar-refractivity contribution is 7.09. The molecule has 2 nitrogen and oxygen atoms in total. The van der Waals surface area contributed by atoms with Crippen LogP contribution in [0.5, 0.6) is 0 Å². The number of hydrogen-bond donors (Lipinski definition) is 1. The zero-order valence-electron chi connectivity index (χ0n) is 8.95. The Labute approximate surface area is 90.3 Å². The maximum Gasteiger partial charge on any atom is 0.0619 e. The lowest BCUT2D eigenvalue weighted by molar-refractivity contribution is 0.166. The van der Waals surface area contributed by atoms with Gasteiger partial charge in [-0.1, -0.05) is 13.0 Å². The van der Waals surface area contributed by atoms with Crippen LogP contribution in [-0.4, -0.2) is 26.3 Å². The number of methoxy groups -OCH3 is 1. The average Bonchev–Trinajstić information content (AvgIpc) is 2.67. The molecule has 0 amide bonds. The van der Waals surface area contributed by atoms with Gasteiger partial charge in [0, 0.05) is 18.0 Å². The van der Waals surface area contributed by atoms with Crippen molar-refractivity contribution in [1.29, 1.82) is 0 Å². The number of nitrogens with one attached hydrogen (secondary N) is 1. The number of rotatable bonds is 7. The fourth-order valence-electron chi connectivity index (χ4n) is 1.41. The van der Waals surface area contributed by atoms with Crippen LogP contribution < -0.4 is 5.32 Å². The molecule has 80 valence electrons. The summed E-state index contributed by atoms with van der Waals surface area (Å²) in [5.74, 6) is 0. The van der Waals surface area contributed by atoms with E-state index in [1.54, 1.807) is 7.11 Å². The van der Waals surface area contributed by atoms with E-state index in [9.17, 15) is 0 Å². The number of thiophene rings is 1. The van der Waals surface area contributed by atoms with Gasteiger partial charge in [0.15, 0.2) is 0 Å². The van der Waals surface area contributed by atoms with Crippen LogP contribution in [-0.2, 0) is 11.2 Å². The lowest BCUT2D eigenvalue weighted by Crippen LogP contribution is -2.35. The zero-order chi connectivity index (χ0) is 10.2. The van der Waals surface area contributed by atoms with Gasteiger partial charge in [-0.25, -0.2) is 0 Å². The van der Waals surface area contributed by atoms with Gasteiger partial charge < -0.3 is 10.1 Å². The van der Waals surface area contributed by atoms with E-state index in [2.05, 4.69) is 29.8 Å². The summed E-state index contributed by atoms with van der Waals surface area (Å²) in [7, 11) is 1.76. The van der Waals surface area contributed by atoms with Crippen LogP contribution in [0.4, 0.5) is 0 Å². The van der Waals surface area contributed by atoms with Gasteiger partial charge in [-0.2, -0.15) is 0 Å². The molecule has 0 aromatic carbocycles. The lowest BCUT2D eigenvalue weighted by atomic mass is 10.2. The SMILES string of the molecule is CCCNC(COC)Cc1cccs1. The molecular weight excluding hydrogens is 194 g/mol. The Morgan fingerprint density at radius 1 is 1.57 bits per heavy atom. The van der Waals surface area contributed by atoms with Crippen molar-refractivity contribution in [3.63, 3.8) is 0 Å². The molecule has 0 aliphatic carbocycles. The molecule has 0 aliphatic heterocycles. The second kappa shape index (κ2) is 6.98. The van der Waals surface area contributed by atoms with E-state index in [1.807, 2.05) is 11.3 Å². The molecule has 0 radical (unpaired) electrons. The summed E-state index contributed by atoms with van der Waals surface area (Å²) in [6.45, 7) is 4.04. The molecule has 14 heavy (non-hydrogen) atoms. The molecule has 1 atom stereocenters. The Morgan fingerprint density at radius 3 is 3.00 bits per heavy atom. The van der Waals surface area contributed by atoms with Crippen molar-refractivity contribution in [1.82, 2.24) is 5.32 Å². The summed E-state index contributed by atoms with van der Waals surface area (Å²) in [6.07, 6.45) is 2.25. The third-order valence-electron chi connectivity index (χ3n) is 2.08. The minimum Gasteiger partial charge on any atom is -0.383 e. The van der Waals surface area contributed by atoms with E-state index in [0.717, 1.165) is 19.6 Å².